The zero-order valence-corrected chi connectivity index (χ0v) is 13.6. The first-order chi connectivity index (χ1) is 9.24. The minimum atomic E-state index is -1.88. The molecule has 0 unspecified atom stereocenters. The maximum Gasteiger partial charge on any atom is 0.312 e. The van der Waals surface area contributed by atoms with Gasteiger partial charge in [-0.2, -0.15) is 0 Å². The largest absolute Gasteiger partial charge is 0.469 e. The first-order valence-corrected chi connectivity index (χ1v) is 10.2. The van der Waals surface area contributed by atoms with Crippen LogP contribution in [0.2, 0.25) is 19.6 Å². The number of hydrogen-bond donors (Lipinski definition) is 0. The molecule has 0 amide bonds. The van der Waals surface area contributed by atoms with Crippen LogP contribution < -0.4 is 0 Å². The summed E-state index contributed by atoms with van der Waals surface area (Å²) in [6.07, 6.45) is 4.56. The molecule has 0 aromatic heterocycles. The number of carbonyl (C=O) groups excluding carboxylic acids is 2. The molecule has 5 nitrogen and oxygen atoms in total. The van der Waals surface area contributed by atoms with Gasteiger partial charge in [-0.3, -0.25) is 9.59 Å². The van der Waals surface area contributed by atoms with Gasteiger partial charge in [0.15, 0.2) is 8.32 Å². The molecule has 2 bridgehead atoms. The molecular formula is C14H22O5Si. The number of ether oxygens (including phenoxy) is 2. The number of allylic oxidation sites excluding steroid dienone is 1. The minimum Gasteiger partial charge on any atom is -0.469 e. The second kappa shape index (κ2) is 5.00. The standard InChI is InChI=1S/C14H22O5Si/c1-17-12(15)10-9-6-7-14(8-9,19-20(3,4)5)11(10)13(16)18-2/h6-7,9-11H,8H2,1-5H3/t9-,10-,11+,14-/m0/s1. The highest BCUT2D eigenvalue weighted by molar-refractivity contribution is 6.69. The van der Waals surface area contributed by atoms with E-state index >= 15 is 0 Å². The number of hydrogen-bond acceptors (Lipinski definition) is 5. The van der Waals surface area contributed by atoms with E-state index in [-0.39, 0.29) is 11.9 Å². The highest BCUT2D eigenvalue weighted by Gasteiger charge is 2.63. The maximum absolute atomic E-state index is 12.2. The van der Waals surface area contributed by atoms with Crippen LogP contribution in [0.5, 0.6) is 0 Å². The van der Waals surface area contributed by atoms with Crippen molar-refractivity contribution in [3.63, 3.8) is 0 Å². The van der Waals surface area contributed by atoms with Crippen LogP contribution in [-0.2, 0) is 23.5 Å². The van der Waals surface area contributed by atoms with Crippen molar-refractivity contribution in [3.8, 4) is 0 Å². The molecule has 2 rings (SSSR count). The lowest BCUT2D eigenvalue weighted by Gasteiger charge is -2.38. The van der Waals surface area contributed by atoms with Gasteiger partial charge in [0.1, 0.15) is 5.92 Å². The minimum absolute atomic E-state index is 0.0112. The van der Waals surface area contributed by atoms with E-state index in [1.54, 1.807) is 0 Å². The van der Waals surface area contributed by atoms with Gasteiger partial charge in [-0.15, -0.1) is 0 Å². The number of rotatable bonds is 4. The normalized spacial score (nSPS) is 35.1. The lowest BCUT2D eigenvalue weighted by Crippen LogP contribution is -2.49. The second-order valence-corrected chi connectivity index (χ2v) is 10.9. The van der Waals surface area contributed by atoms with Crippen molar-refractivity contribution in [1.82, 2.24) is 0 Å². The number of esters is 2. The highest BCUT2D eigenvalue weighted by atomic mass is 28.4. The van der Waals surface area contributed by atoms with E-state index in [4.69, 9.17) is 13.9 Å². The summed E-state index contributed by atoms with van der Waals surface area (Å²) in [5, 5.41) is 0. The molecule has 0 aliphatic heterocycles. The predicted octanol–water partition coefficient (Wildman–Crippen LogP) is 1.74. The first-order valence-electron chi connectivity index (χ1n) is 6.79. The molecule has 1 saturated carbocycles. The van der Waals surface area contributed by atoms with Crippen molar-refractivity contribution in [3.05, 3.63) is 12.2 Å². The Morgan fingerprint density at radius 3 is 2.25 bits per heavy atom. The summed E-state index contributed by atoms with van der Waals surface area (Å²) in [4.78, 5) is 24.2. The molecular weight excluding hydrogens is 276 g/mol. The fraction of sp³-hybridized carbons (Fsp3) is 0.714. The van der Waals surface area contributed by atoms with E-state index in [9.17, 15) is 9.59 Å². The second-order valence-electron chi connectivity index (χ2n) is 6.45. The summed E-state index contributed by atoms with van der Waals surface area (Å²) >= 11 is 0. The summed E-state index contributed by atoms with van der Waals surface area (Å²) < 4.78 is 16.0. The van der Waals surface area contributed by atoms with Crippen LogP contribution in [0.3, 0.4) is 0 Å². The van der Waals surface area contributed by atoms with E-state index in [0.717, 1.165) is 0 Å². The van der Waals surface area contributed by atoms with Gasteiger partial charge in [-0.05, 0) is 32.0 Å². The van der Waals surface area contributed by atoms with E-state index in [0.29, 0.717) is 6.42 Å². The van der Waals surface area contributed by atoms with E-state index < -0.39 is 31.7 Å². The molecule has 0 spiro atoms. The van der Waals surface area contributed by atoms with E-state index in [2.05, 4.69) is 19.6 Å². The molecule has 0 aromatic carbocycles. The van der Waals surface area contributed by atoms with Crippen LogP contribution in [0.15, 0.2) is 12.2 Å². The van der Waals surface area contributed by atoms with Gasteiger partial charge < -0.3 is 13.9 Å². The Bertz CT molecular complexity index is 453. The molecule has 4 atom stereocenters. The Labute approximate surface area is 120 Å². The smallest absolute Gasteiger partial charge is 0.312 e. The molecule has 0 saturated heterocycles. The third-order valence-corrected chi connectivity index (χ3v) is 4.94. The molecule has 2 aliphatic carbocycles. The predicted molar refractivity (Wildman–Crippen MR) is 75.4 cm³/mol. The van der Waals surface area contributed by atoms with Crippen LogP contribution in [0.1, 0.15) is 6.42 Å². The van der Waals surface area contributed by atoms with Crippen molar-refractivity contribution in [1.29, 1.82) is 0 Å². The van der Waals surface area contributed by atoms with E-state index in [1.165, 1.54) is 14.2 Å². The highest BCUT2D eigenvalue weighted by Crippen LogP contribution is 2.54. The summed E-state index contributed by atoms with van der Waals surface area (Å²) in [6, 6.07) is 0. The van der Waals surface area contributed by atoms with Crippen molar-refractivity contribution >= 4 is 20.3 Å². The Kier molecular flexibility index (Phi) is 3.81. The average molecular weight is 298 g/mol. The Morgan fingerprint density at radius 2 is 1.75 bits per heavy atom. The fourth-order valence-corrected chi connectivity index (χ4v) is 4.87. The van der Waals surface area contributed by atoms with Crippen LogP contribution in [0, 0.1) is 17.8 Å². The van der Waals surface area contributed by atoms with Crippen LogP contribution in [0.25, 0.3) is 0 Å². The van der Waals surface area contributed by atoms with Crippen molar-refractivity contribution in [2.45, 2.75) is 31.7 Å². The van der Waals surface area contributed by atoms with Crippen molar-refractivity contribution < 1.29 is 23.5 Å². The Hall–Kier alpha value is -1.14. The molecule has 6 heteroatoms. The third-order valence-electron chi connectivity index (χ3n) is 3.95. The quantitative estimate of drug-likeness (QED) is 0.449. The Morgan fingerprint density at radius 1 is 1.15 bits per heavy atom. The first kappa shape index (κ1) is 15.2. The summed E-state index contributed by atoms with van der Waals surface area (Å²) in [5.41, 5.74) is -0.707. The summed E-state index contributed by atoms with van der Waals surface area (Å²) in [5.74, 6) is -1.89. The molecule has 0 aromatic rings. The van der Waals surface area contributed by atoms with E-state index in [1.807, 2.05) is 12.2 Å². The monoisotopic (exact) mass is 298 g/mol. The molecule has 0 radical (unpaired) electrons. The fourth-order valence-electron chi connectivity index (χ4n) is 3.45. The lowest BCUT2D eigenvalue weighted by molar-refractivity contribution is -0.162. The Balaban J connectivity index is 2.39. The number of methoxy groups -OCH3 is 2. The zero-order valence-electron chi connectivity index (χ0n) is 12.6. The summed E-state index contributed by atoms with van der Waals surface area (Å²) in [7, 11) is 0.813. The third kappa shape index (κ3) is 2.42. The molecule has 0 heterocycles. The SMILES string of the molecule is COC(=O)[C@H]1[C@H]2C=C[C@](O[Si](C)(C)C)(C2)[C@H]1C(=O)OC. The van der Waals surface area contributed by atoms with Crippen LogP contribution >= 0.6 is 0 Å². The summed E-state index contributed by atoms with van der Waals surface area (Å²) in [6.45, 7) is 6.22. The van der Waals surface area contributed by atoms with Gasteiger partial charge in [0.05, 0.1) is 25.7 Å². The van der Waals surface area contributed by atoms with Gasteiger partial charge in [-0.1, -0.05) is 12.2 Å². The molecule has 112 valence electrons. The number of carbonyl (C=O) groups is 2. The molecule has 1 fully saturated rings. The molecule has 2 aliphatic rings. The van der Waals surface area contributed by atoms with Gasteiger partial charge in [0.25, 0.3) is 0 Å². The number of fused-ring (bicyclic) bond motifs is 2. The van der Waals surface area contributed by atoms with Crippen molar-refractivity contribution in [2.75, 3.05) is 14.2 Å². The molecule has 0 N–H and O–H groups in total. The maximum atomic E-state index is 12.2. The van der Waals surface area contributed by atoms with Crippen LogP contribution in [0.4, 0.5) is 0 Å². The van der Waals surface area contributed by atoms with Crippen LogP contribution in [-0.4, -0.2) is 40.1 Å². The van der Waals surface area contributed by atoms with Gasteiger partial charge in [0, 0.05) is 0 Å². The lowest BCUT2D eigenvalue weighted by atomic mass is 9.81. The van der Waals surface area contributed by atoms with Gasteiger partial charge >= 0.3 is 11.9 Å². The topological polar surface area (TPSA) is 61.8 Å². The van der Waals surface area contributed by atoms with Gasteiger partial charge in [0.2, 0.25) is 0 Å². The zero-order chi connectivity index (χ0) is 15.1. The molecule has 20 heavy (non-hydrogen) atoms. The average Bonchev–Trinajstić information content (AvgIpc) is 2.89. The van der Waals surface area contributed by atoms with Gasteiger partial charge in [-0.25, -0.2) is 0 Å². The van der Waals surface area contributed by atoms with Crippen molar-refractivity contribution in [2.24, 2.45) is 17.8 Å².